The Bertz CT molecular complexity index is 645. The monoisotopic (exact) mass is 295 g/mol. The van der Waals surface area contributed by atoms with Crippen molar-refractivity contribution in [1.82, 2.24) is 0 Å². The zero-order valence-corrected chi connectivity index (χ0v) is 12.6. The van der Waals surface area contributed by atoms with Crippen molar-refractivity contribution in [3.05, 3.63) is 54.6 Å². The summed E-state index contributed by atoms with van der Waals surface area (Å²) in [5, 5.41) is 13.0. The number of hydrogen-bond acceptors (Lipinski definition) is 2. The van der Waals surface area contributed by atoms with Gasteiger partial charge in [0.2, 0.25) is 0 Å². The van der Waals surface area contributed by atoms with Crippen molar-refractivity contribution >= 4 is 11.7 Å². The average molecular weight is 295 g/mol. The minimum Gasteiger partial charge on any atom is -0.480 e. The number of anilines is 1. The van der Waals surface area contributed by atoms with Gasteiger partial charge in [0.15, 0.2) is 0 Å². The Labute approximate surface area is 131 Å². The van der Waals surface area contributed by atoms with Crippen molar-refractivity contribution in [2.45, 2.75) is 37.6 Å². The van der Waals surface area contributed by atoms with Crippen molar-refractivity contribution < 1.29 is 9.90 Å². The fourth-order valence-corrected chi connectivity index (χ4v) is 3.23. The van der Waals surface area contributed by atoms with Gasteiger partial charge in [-0.25, -0.2) is 4.79 Å². The zero-order chi connectivity index (χ0) is 15.4. The van der Waals surface area contributed by atoms with Gasteiger partial charge in [-0.1, -0.05) is 61.7 Å². The second kappa shape index (κ2) is 6.22. The third-order valence-electron chi connectivity index (χ3n) is 4.47. The van der Waals surface area contributed by atoms with E-state index in [-0.39, 0.29) is 0 Å². The molecule has 1 saturated carbocycles. The Kier molecular flexibility index (Phi) is 4.14. The maximum atomic E-state index is 11.8. The van der Waals surface area contributed by atoms with Gasteiger partial charge < -0.3 is 10.4 Å². The molecule has 3 rings (SSSR count). The number of benzene rings is 2. The second-order valence-corrected chi connectivity index (χ2v) is 6.02. The summed E-state index contributed by atoms with van der Waals surface area (Å²) in [6.45, 7) is 0. The van der Waals surface area contributed by atoms with Gasteiger partial charge in [-0.05, 0) is 36.1 Å². The quantitative estimate of drug-likeness (QED) is 0.869. The molecule has 2 N–H and O–H groups in total. The van der Waals surface area contributed by atoms with Crippen molar-refractivity contribution in [2.24, 2.45) is 0 Å². The maximum absolute atomic E-state index is 11.8. The van der Waals surface area contributed by atoms with E-state index >= 15 is 0 Å². The van der Waals surface area contributed by atoms with E-state index < -0.39 is 11.5 Å². The summed E-state index contributed by atoms with van der Waals surface area (Å²) in [7, 11) is 0. The van der Waals surface area contributed by atoms with Gasteiger partial charge in [-0.2, -0.15) is 0 Å². The predicted octanol–water partition coefficient (Wildman–Crippen LogP) is 4.55. The van der Waals surface area contributed by atoms with Crippen LogP contribution >= 0.6 is 0 Å². The smallest absolute Gasteiger partial charge is 0.329 e. The van der Waals surface area contributed by atoms with Crippen LogP contribution < -0.4 is 5.32 Å². The average Bonchev–Trinajstić information content (AvgIpc) is 2.57. The molecule has 0 bridgehead atoms. The Balaban J connectivity index is 1.87. The lowest BCUT2D eigenvalue weighted by atomic mass is 9.81. The zero-order valence-electron chi connectivity index (χ0n) is 12.6. The lowest BCUT2D eigenvalue weighted by Gasteiger charge is -2.35. The minimum atomic E-state index is -0.812. The standard InChI is InChI=1S/C19H21NO2/c21-18(22)19(12-5-2-6-13-19)20-17-11-7-10-16(14-17)15-8-3-1-4-9-15/h1,3-4,7-11,14,20H,2,5-6,12-13H2,(H,21,22). The fraction of sp³-hybridized carbons (Fsp3) is 0.316. The number of carboxylic acids is 1. The highest BCUT2D eigenvalue weighted by Crippen LogP contribution is 2.33. The molecule has 0 aliphatic heterocycles. The van der Waals surface area contributed by atoms with Crippen LogP contribution in [0.2, 0.25) is 0 Å². The summed E-state index contributed by atoms with van der Waals surface area (Å²) >= 11 is 0. The Hall–Kier alpha value is -2.29. The summed E-state index contributed by atoms with van der Waals surface area (Å²) in [4.78, 5) is 11.8. The first-order chi connectivity index (χ1) is 10.7. The summed E-state index contributed by atoms with van der Waals surface area (Å²) in [5.41, 5.74) is 2.31. The van der Waals surface area contributed by atoms with Crippen LogP contribution in [0.3, 0.4) is 0 Å². The molecule has 0 aromatic heterocycles. The van der Waals surface area contributed by atoms with Crippen molar-refractivity contribution in [3.63, 3.8) is 0 Å². The Morgan fingerprint density at radius 3 is 2.27 bits per heavy atom. The van der Waals surface area contributed by atoms with E-state index in [4.69, 9.17) is 0 Å². The van der Waals surface area contributed by atoms with Crippen LogP contribution in [0.5, 0.6) is 0 Å². The normalized spacial score (nSPS) is 16.9. The van der Waals surface area contributed by atoms with Crippen LogP contribution in [0.25, 0.3) is 11.1 Å². The highest BCUT2D eigenvalue weighted by molar-refractivity contribution is 5.83. The lowest BCUT2D eigenvalue weighted by molar-refractivity contribution is -0.143. The molecular weight excluding hydrogens is 274 g/mol. The van der Waals surface area contributed by atoms with Gasteiger partial charge in [0.1, 0.15) is 5.54 Å². The molecule has 3 nitrogen and oxygen atoms in total. The van der Waals surface area contributed by atoms with Crippen LogP contribution in [0.1, 0.15) is 32.1 Å². The third kappa shape index (κ3) is 2.98. The van der Waals surface area contributed by atoms with E-state index in [0.717, 1.165) is 36.1 Å². The number of nitrogens with one attached hydrogen (secondary N) is 1. The minimum absolute atomic E-state index is 0.692. The number of carbonyl (C=O) groups is 1. The highest BCUT2D eigenvalue weighted by atomic mass is 16.4. The first-order valence-corrected chi connectivity index (χ1v) is 7.87. The van der Waals surface area contributed by atoms with Gasteiger partial charge in [0.25, 0.3) is 0 Å². The molecule has 22 heavy (non-hydrogen) atoms. The van der Waals surface area contributed by atoms with E-state index in [1.807, 2.05) is 36.4 Å². The van der Waals surface area contributed by atoms with E-state index in [1.165, 1.54) is 0 Å². The predicted molar refractivity (Wildman–Crippen MR) is 89.0 cm³/mol. The number of hydrogen-bond donors (Lipinski definition) is 2. The van der Waals surface area contributed by atoms with Gasteiger partial charge in [0, 0.05) is 5.69 Å². The number of carboxylic acid groups (broad SMARTS) is 1. The first-order valence-electron chi connectivity index (χ1n) is 7.87. The molecule has 0 spiro atoms. The van der Waals surface area contributed by atoms with E-state index in [1.54, 1.807) is 0 Å². The molecule has 1 aliphatic carbocycles. The molecule has 0 amide bonds. The van der Waals surface area contributed by atoms with E-state index in [9.17, 15) is 9.90 Å². The van der Waals surface area contributed by atoms with E-state index in [0.29, 0.717) is 12.8 Å². The van der Waals surface area contributed by atoms with Gasteiger partial charge in [0.05, 0.1) is 0 Å². The molecule has 0 heterocycles. The Morgan fingerprint density at radius 2 is 1.59 bits per heavy atom. The molecule has 3 heteroatoms. The molecular formula is C19H21NO2. The SMILES string of the molecule is O=C(O)C1(Nc2cccc(-c3ccccc3)c2)CCCCC1. The maximum Gasteiger partial charge on any atom is 0.329 e. The summed E-state index contributed by atoms with van der Waals surface area (Å²) < 4.78 is 0. The van der Waals surface area contributed by atoms with Crippen LogP contribution in [0, 0.1) is 0 Å². The van der Waals surface area contributed by atoms with Crippen LogP contribution in [0.15, 0.2) is 54.6 Å². The molecule has 114 valence electrons. The van der Waals surface area contributed by atoms with Crippen molar-refractivity contribution in [2.75, 3.05) is 5.32 Å². The van der Waals surface area contributed by atoms with Crippen LogP contribution in [0.4, 0.5) is 5.69 Å². The summed E-state index contributed by atoms with van der Waals surface area (Å²) in [6, 6.07) is 18.1. The van der Waals surface area contributed by atoms with Gasteiger partial charge >= 0.3 is 5.97 Å². The van der Waals surface area contributed by atoms with Crippen LogP contribution in [-0.4, -0.2) is 16.6 Å². The van der Waals surface area contributed by atoms with Gasteiger partial charge in [-0.3, -0.25) is 0 Å². The molecule has 2 aromatic rings. The Morgan fingerprint density at radius 1 is 0.909 bits per heavy atom. The van der Waals surface area contributed by atoms with Crippen molar-refractivity contribution in [1.29, 1.82) is 0 Å². The molecule has 0 saturated heterocycles. The molecule has 0 unspecified atom stereocenters. The molecule has 1 fully saturated rings. The highest BCUT2D eigenvalue weighted by Gasteiger charge is 2.39. The number of rotatable bonds is 4. The fourth-order valence-electron chi connectivity index (χ4n) is 3.23. The lowest BCUT2D eigenvalue weighted by Crippen LogP contribution is -2.47. The molecule has 2 aromatic carbocycles. The molecule has 1 aliphatic rings. The second-order valence-electron chi connectivity index (χ2n) is 6.02. The third-order valence-corrected chi connectivity index (χ3v) is 4.47. The largest absolute Gasteiger partial charge is 0.480 e. The van der Waals surface area contributed by atoms with E-state index in [2.05, 4.69) is 23.5 Å². The topological polar surface area (TPSA) is 49.3 Å². The summed E-state index contributed by atoms with van der Waals surface area (Å²) in [6.07, 6.45) is 4.45. The molecule has 0 atom stereocenters. The molecule has 0 radical (unpaired) electrons. The first kappa shape index (κ1) is 14.6. The van der Waals surface area contributed by atoms with Gasteiger partial charge in [-0.15, -0.1) is 0 Å². The van der Waals surface area contributed by atoms with Crippen LogP contribution in [-0.2, 0) is 4.79 Å². The summed E-state index contributed by atoms with van der Waals surface area (Å²) in [5.74, 6) is -0.739. The number of aliphatic carboxylic acids is 1. The van der Waals surface area contributed by atoms with Crippen molar-refractivity contribution in [3.8, 4) is 11.1 Å².